The van der Waals surface area contributed by atoms with Crippen LogP contribution in [0.25, 0.3) is 10.8 Å². The molecule has 1 aliphatic heterocycles. The van der Waals surface area contributed by atoms with Crippen LogP contribution >= 0.6 is 11.6 Å². The maximum absolute atomic E-state index is 15.5. The highest BCUT2D eigenvalue weighted by atomic mass is 35.5. The lowest BCUT2D eigenvalue weighted by Crippen LogP contribution is -2.62. The number of primary amides is 1. The molecule has 9 rings (SSSR count). The van der Waals surface area contributed by atoms with Crippen molar-refractivity contribution in [2.45, 2.75) is 186 Å². The van der Waals surface area contributed by atoms with Gasteiger partial charge in [-0.3, -0.25) is 62.5 Å². The number of hydrogen-bond acceptors (Lipinski definition) is 23. The summed E-state index contributed by atoms with van der Waals surface area (Å²) in [5, 5.41) is 68.0. The molecule has 3 aromatic heterocycles. The summed E-state index contributed by atoms with van der Waals surface area (Å²) in [6.07, 6.45) is 3.96. The van der Waals surface area contributed by atoms with Gasteiger partial charge in [0, 0.05) is 87.3 Å². The Morgan fingerprint density at radius 2 is 0.967 bits per heavy atom. The predicted molar refractivity (Wildman–Crippen MR) is 449 cm³/mol. The Kier molecular flexibility index (Phi) is 35.0. The number of amides is 11. The molecular formula is C82H106ClN23O14. The summed E-state index contributed by atoms with van der Waals surface area (Å²) >= 11 is 6.28. The molecule has 10 unspecified atom stereocenters. The molecule has 0 spiro atoms. The number of aliphatic carboxylic acids is 1. The van der Waals surface area contributed by atoms with E-state index in [-0.39, 0.29) is 93.7 Å². The third kappa shape index (κ3) is 29.8. The fraction of sp³-hybridized carbons (Fsp3) is 0.402. The summed E-state index contributed by atoms with van der Waals surface area (Å²) in [6, 6.07) is 22.5. The molecule has 1 fully saturated rings. The average Bonchev–Trinajstić information content (AvgIpc) is 1.63. The van der Waals surface area contributed by atoms with E-state index in [1.165, 1.54) is 31.1 Å². The normalized spacial score (nSPS) is 14.6. The van der Waals surface area contributed by atoms with Crippen LogP contribution in [0.15, 0.2) is 140 Å². The number of H-pyrrole nitrogens is 2. The number of aromatic amines is 2. The standard InChI is InChI=1S/C80H102ClN23O12.C2H4O2/c1-44(2)35-59(68(108)91-58(16-9-10-33-86-45(3)4)76(116)104-34-12-17-66(104)75(115)87-46(5)67(82)107)92-70(110)62(38-49-21-28-56(29-22-49)89-79-98-77(83)100-102-79)94-72(112)63(39-50-23-30-57(31-24-50)90-80-99-78(84)101-103-80)96-74(114)65(43-105)97-73(113)64(41-52-13-11-32-85-42-52)95-71(111)61(37-48-19-26-55(81)27-20-48)93-69(109)60(88-47(6)106)40-51-18-25-53-14-7-8-15-54(53)36-51;1-2(3)4/h7-8,11,13-15,18-32,36,42,44-46,58-66,86,105H,9-10,12,16-17,33-35,37-41,43H2,1-6H3,(H2,82,107)(H,87,115)(H,88,106)(H,91,108)(H,92,110)(H,93,109)(H,94,112)(H,95,111)(H,96,114)(H,97,113)(H4,83,89,98,100,102)(H4,84,90,99,101,103);1H3,(H,3,4). The predicted octanol–water partition coefficient (Wildman–Crippen LogP) is 2.47. The van der Waals surface area contributed by atoms with Gasteiger partial charge in [0.2, 0.25) is 88.8 Å². The minimum Gasteiger partial charge on any atom is -0.481 e. The van der Waals surface area contributed by atoms with Gasteiger partial charge in [-0.25, -0.2) is 10.2 Å². The molecular weight excluding hydrogens is 1570 g/mol. The molecule has 0 radical (unpaired) electrons. The number of nitrogen functional groups attached to an aromatic ring is 2. The zero-order valence-corrected chi connectivity index (χ0v) is 68.4. The van der Waals surface area contributed by atoms with Crippen molar-refractivity contribution in [1.82, 2.24) is 93.4 Å². The summed E-state index contributed by atoms with van der Waals surface area (Å²) in [5.74, 6) is -9.45. The maximum Gasteiger partial charge on any atom is 0.300 e. The van der Waals surface area contributed by atoms with E-state index in [4.69, 9.17) is 38.7 Å². The number of aliphatic hydroxyl groups is 1. The second-order valence-corrected chi connectivity index (χ2v) is 30.3. The van der Waals surface area contributed by atoms with E-state index >= 15 is 28.8 Å². The van der Waals surface area contributed by atoms with Crippen LogP contribution in [0.5, 0.6) is 0 Å². The average molecular weight is 1670 g/mol. The highest BCUT2D eigenvalue weighted by Crippen LogP contribution is 2.24. The van der Waals surface area contributed by atoms with Gasteiger partial charge in [0.05, 0.1) is 6.61 Å². The summed E-state index contributed by atoms with van der Waals surface area (Å²) < 4.78 is 0. The van der Waals surface area contributed by atoms with E-state index in [1.54, 1.807) is 84.9 Å². The van der Waals surface area contributed by atoms with Crippen molar-refractivity contribution in [2.24, 2.45) is 11.7 Å². The first kappa shape index (κ1) is 92.4. The quantitative estimate of drug-likeness (QED) is 0.0244. The number of halogens is 1. The van der Waals surface area contributed by atoms with Crippen LogP contribution in [0.1, 0.15) is 115 Å². The Balaban J connectivity index is 0.00000438. The fourth-order valence-electron chi connectivity index (χ4n) is 13.2. The largest absolute Gasteiger partial charge is 0.481 e. The van der Waals surface area contributed by atoms with Crippen molar-refractivity contribution < 1.29 is 67.7 Å². The fourth-order valence-corrected chi connectivity index (χ4v) is 13.3. The van der Waals surface area contributed by atoms with E-state index in [0.29, 0.717) is 70.0 Å². The molecule has 5 aromatic carbocycles. The second kappa shape index (κ2) is 45.5. The van der Waals surface area contributed by atoms with Gasteiger partial charge in [0.15, 0.2) is 0 Å². The number of pyridine rings is 1. The van der Waals surface area contributed by atoms with Crippen molar-refractivity contribution in [3.05, 3.63) is 173 Å². The third-order valence-corrected chi connectivity index (χ3v) is 19.4. The summed E-state index contributed by atoms with van der Waals surface area (Å²) in [5.41, 5.74) is 20.6. The number of hydrogen-bond donors (Lipinski definition) is 19. The zero-order valence-electron chi connectivity index (χ0n) is 67.7. The molecule has 11 amide bonds. The number of benzene rings is 5. The molecule has 0 bridgehead atoms. The third-order valence-electron chi connectivity index (χ3n) is 19.2. The Morgan fingerprint density at radius 1 is 0.525 bits per heavy atom. The molecule has 0 saturated carbocycles. The Bertz CT molecular complexity index is 4800. The van der Waals surface area contributed by atoms with Crippen LogP contribution in [0.3, 0.4) is 0 Å². The number of nitrogens with two attached hydrogens (primary N) is 3. The number of carboxylic acids is 1. The highest BCUT2D eigenvalue weighted by molar-refractivity contribution is 6.30. The molecule has 38 heteroatoms. The van der Waals surface area contributed by atoms with Crippen LogP contribution in [0.4, 0.5) is 35.2 Å². The van der Waals surface area contributed by atoms with Crippen molar-refractivity contribution >= 4 is 128 Å². The Labute approximate surface area is 698 Å². The number of nitrogens with one attached hydrogen (secondary N) is 14. The van der Waals surface area contributed by atoms with Gasteiger partial charge in [-0.05, 0) is 139 Å². The van der Waals surface area contributed by atoms with Gasteiger partial charge >= 0.3 is 0 Å². The second-order valence-electron chi connectivity index (χ2n) is 29.9. The number of aromatic nitrogens is 7. The lowest BCUT2D eigenvalue weighted by molar-refractivity contribution is -0.142. The number of anilines is 6. The Morgan fingerprint density at radius 3 is 1.43 bits per heavy atom. The van der Waals surface area contributed by atoms with Crippen molar-refractivity contribution in [3.63, 3.8) is 0 Å². The number of carboxylic acid groups (broad SMARTS) is 1. The molecule has 8 aromatic rings. The van der Waals surface area contributed by atoms with E-state index in [9.17, 15) is 29.1 Å². The first-order valence-corrected chi connectivity index (χ1v) is 39.7. The van der Waals surface area contributed by atoms with Crippen molar-refractivity contribution in [1.29, 1.82) is 0 Å². The van der Waals surface area contributed by atoms with Gasteiger partial charge in [0.25, 0.3) is 5.97 Å². The SMILES string of the molecule is CC(=O)NC(Cc1ccc2ccccc2c1)C(=O)NC(Cc1ccc(Cl)cc1)C(=O)NC(Cc1cccnc1)C(=O)NC(CO)C(=O)NC(Cc1ccc(Nc2n[nH]c(N)n2)cc1)C(=O)NC(Cc1ccc(Nc2n[nH]c(N)n2)cc1)C(=O)NC(CC(C)C)C(=O)NC(CCCCNC(C)C)C(=O)N1CCCC1C(=O)NC(C)C(N)=O.CC(=O)O. The summed E-state index contributed by atoms with van der Waals surface area (Å²) in [7, 11) is 0. The molecule has 1 aliphatic rings. The van der Waals surface area contributed by atoms with Crippen LogP contribution in [-0.2, 0) is 89.6 Å². The topological polar surface area (TPSA) is 567 Å². The van der Waals surface area contributed by atoms with Gasteiger partial charge in [-0.1, -0.05) is 124 Å². The number of unbranched alkanes of at least 4 members (excludes halogenated alkanes) is 1. The zero-order chi connectivity index (χ0) is 87.1. The molecule has 1 saturated heterocycles. The van der Waals surface area contributed by atoms with Crippen LogP contribution in [0, 0.1) is 5.92 Å². The number of nitrogens with zero attached hydrogens (tertiary/aromatic N) is 6. The van der Waals surface area contributed by atoms with E-state index in [1.807, 2.05) is 70.2 Å². The molecule has 0 aliphatic carbocycles. The van der Waals surface area contributed by atoms with E-state index in [2.05, 4.69) is 99.1 Å². The van der Waals surface area contributed by atoms with Crippen LogP contribution in [0.2, 0.25) is 5.02 Å². The first-order valence-electron chi connectivity index (χ1n) is 39.3. The number of carbonyl (C=O) groups excluding carboxylic acids is 11. The van der Waals surface area contributed by atoms with Gasteiger partial charge in [-0.2, -0.15) is 9.97 Å². The van der Waals surface area contributed by atoms with E-state index in [0.717, 1.165) is 17.7 Å². The molecule has 22 N–H and O–H groups in total. The smallest absolute Gasteiger partial charge is 0.300 e. The van der Waals surface area contributed by atoms with Crippen molar-refractivity contribution in [2.75, 3.05) is 41.8 Å². The number of rotatable bonds is 42. The molecule has 640 valence electrons. The Hall–Kier alpha value is -13.2. The minimum atomic E-state index is -1.86. The lowest BCUT2D eigenvalue weighted by atomic mass is 9.99. The molecule has 10 atom stereocenters. The number of carbonyl (C=O) groups is 12. The van der Waals surface area contributed by atoms with Crippen molar-refractivity contribution in [3.8, 4) is 0 Å². The van der Waals surface area contributed by atoms with Gasteiger partial charge in [0.1, 0.15) is 60.4 Å². The van der Waals surface area contributed by atoms with Gasteiger partial charge < -0.3 is 96.1 Å². The molecule has 4 heterocycles. The monoisotopic (exact) mass is 1670 g/mol. The van der Waals surface area contributed by atoms with E-state index < -0.39 is 138 Å². The summed E-state index contributed by atoms with van der Waals surface area (Å²) in [4.78, 5) is 181. The maximum atomic E-state index is 15.5. The minimum absolute atomic E-state index is 0.0196. The number of likely N-dealkylation sites (tertiary alicyclic amines) is 1. The van der Waals surface area contributed by atoms with Crippen LogP contribution in [-0.4, -0.2) is 208 Å². The molecule has 37 nitrogen and oxygen atoms in total. The highest BCUT2D eigenvalue weighted by Gasteiger charge is 2.41. The number of fused-ring (bicyclic) bond motifs is 1. The lowest BCUT2D eigenvalue weighted by Gasteiger charge is -2.31. The summed E-state index contributed by atoms with van der Waals surface area (Å²) in [6.45, 7) is 11.1. The number of aliphatic hydroxyl groups excluding tert-OH is 1. The first-order chi connectivity index (χ1) is 57.2. The van der Waals surface area contributed by atoms with Crippen LogP contribution < -0.4 is 81.0 Å². The van der Waals surface area contributed by atoms with Gasteiger partial charge in [-0.15, -0.1) is 10.2 Å². The molecule has 120 heavy (non-hydrogen) atoms.